The summed E-state index contributed by atoms with van der Waals surface area (Å²) in [7, 11) is 0. The molecule has 0 aromatic heterocycles. The molecule has 0 fully saturated rings. The number of carbonyl (C=O) groups excluding carboxylic acids is 1. The minimum absolute atomic E-state index is 0.0539. The van der Waals surface area contributed by atoms with E-state index in [0.717, 1.165) is 12.0 Å². The average Bonchev–Trinajstić information content (AvgIpc) is 2.73. The van der Waals surface area contributed by atoms with Crippen molar-refractivity contribution in [2.45, 2.75) is 32.6 Å². The molecule has 4 heteroatoms. The molecule has 3 rings (SSSR count). The van der Waals surface area contributed by atoms with E-state index in [2.05, 4.69) is 31.2 Å². The third-order valence-electron chi connectivity index (χ3n) is 4.80. The Bertz CT molecular complexity index is 986. The summed E-state index contributed by atoms with van der Waals surface area (Å²) in [6.45, 7) is 2.21. The normalized spacial score (nSPS) is 11.0. The number of nitrogens with two attached hydrogens (primary N) is 2. The quantitative estimate of drug-likeness (QED) is 0.192. The Morgan fingerprint density at radius 2 is 1.53 bits per heavy atom. The van der Waals surface area contributed by atoms with Crippen LogP contribution in [-0.4, -0.2) is 5.78 Å². The van der Waals surface area contributed by atoms with Crippen LogP contribution in [0.1, 0.15) is 47.7 Å². The first-order valence-corrected chi connectivity index (χ1v) is 10.3. The highest BCUT2D eigenvalue weighted by Crippen LogP contribution is 2.26. The maximum absolute atomic E-state index is 12.5. The van der Waals surface area contributed by atoms with Crippen LogP contribution in [0.3, 0.4) is 0 Å². The first kappa shape index (κ1) is 21.2. The molecule has 4 nitrogen and oxygen atoms in total. The molecule has 0 saturated carbocycles. The molecular weight excluding hydrogens is 372 g/mol. The Morgan fingerprint density at radius 3 is 2.17 bits per heavy atom. The van der Waals surface area contributed by atoms with Gasteiger partial charge in [-0.1, -0.05) is 50.1 Å². The van der Waals surface area contributed by atoms with E-state index in [-0.39, 0.29) is 5.78 Å². The summed E-state index contributed by atoms with van der Waals surface area (Å²) in [6, 6.07) is 20.4. The largest absolute Gasteiger partial charge is 0.457 e. The van der Waals surface area contributed by atoms with Gasteiger partial charge in [-0.25, -0.2) is 0 Å². The van der Waals surface area contributed by atoms with Crippen molar-refractivity contribution in [2.75, 3.05) is 11.5 Å². The zero-order chi connectivity index (χ0) is 21.3. The number of nitrogen functional groups attached to an aromatic ring is 2. The van der Waals surface area contributed by atoms with Crippen molar-refractivity contribution in [3.8, 4) is 11.5 Å². The molecule has 3 aromatic rings. The van der Waals surface area contributed by atoms with Crippen molar-refractivity contribution in [3.63, 3.8) is 0 Å². The van der Waals surface area contributed by atoms with E-state index < -0.39 is 0 Å². The number of unbranched alkanes of at least 4 members (excludes halogenated alkanes) is 2. The third kappa shape index (κ3) is 6.24. The van der Waals surface area contributed by atoms with Crippen LogP contribution in [-0.2, 0) is 6.42 Å². The molecule has 154 valence electrons. The van der Waals surface area contributed by atoms with E-state index in [4.69, 9.17) is 16.2 Å². The standard InChI is InChI=1S/C26H28N2O2/c1-2-3-4-5-19-6-8-20(9-7-19)10-15-26(29)21-11-13-24(14-12-21)30-25-17-22(27)16-23(28)18-25/h6-18H,2-5,27-28H2,1H3/b15-10+. The predicted molar refractivity (Wildman–Crippen MR) is 125 cm³/mol. The second-order valence-electron chi connectivity index (χ2n) is 7.36. The minimum atomic E-state index is -0.0539. The molecule has 0 aliphatic heterocycles. The number of anilines is 2. The molecule has 0 unspecified atom stereocenters. The zero-order valence-corrected chi connectivity index (χ0v) is 17.3. The molecule has 0 bridgehead atoms. The fourth-order valence-electron chi connectivity index (χ4n) is 3.17. The summed E-state index contributed by atoms with van der Waals surface area (Å²) in [4.78, 5) is 12.5. The van der Waals surface area contributed by atoms with Gasteiger partial charge in [-0.2, -0.15) is 0 Å². The van der Waals surface area contributed by atoms with E-state index in [1.54, 1.807) is 48.5 Å². The monoisotopic (exact) mass is 400 g/mol. The van der Waals surface area contributed by atoms with Gasteiger partial charge >= 0.3 is 0 Å². The lowest BCUT2D eigenvalue weighted by Gasteiger charge is -2.08. The van der Waals surface area contributed by atoms with Crippen molar-refractivity contribution in [2.24, 2.45) is 0 Å². The first-order valence-electron chi connectivity index (χ1n) is 10.3. The Kier molecular flexibility index (Phi) is 7.28. The van der Waals surface area contributed by atoms with Crippen molar-refractivity contribution >= 4 is 23.2 Å². The maximum Gasteiger partial charge on any atom is 0.185 e. The summed E-state index contributed by atoms with van der Waals surface area (Å²) >= 11 is 0. The highest BCUT2D eigenvalue weighted by atomic mass is 16.5. The molecule has 0 atom stereocenters. The molecule has 0 aliphatic carbocycles. The van der Waals surface area contributed by atoms with Crippen molar-refractivity contribution < 1.29 is 9.53 Å². The summed E-state index contributed by atoms with van der Waals surface area (Å²) in [5.41, 5.74) is 15.6. The van der Waals surface area contributed by atoms with Gasteiger partial charge in [-0.3, -0.25) is 4.79 Å². The van der Waals surface area contributed by atoms with Crippen LogP contribution in [0.4, 0.5) is 11.4 Å². The van der Waals surface area contributed by atoms with E-state index in [1.165, 1.54) is 24.8 Å². The van der Waals surface area contributed by atoms with E-state index in [0.29, 0.717) is 28.4 Å². The smallest absolute Gasteiger partial charge is 0.185 e. The Hall–Kier alpha value is -3.53. The van der Waals surface area contributed by atoms with Crippen LogP contribution < -0.4 is 16.2 Å². The van der Waals surface area contributed by atoms with Crippen LogP contribution in [0.2, 0.25) is 0 Å². The lowest BCUT2D eigenvalue weighted by molar-refractivity contribution is 0.104. The Labute approximate surface area is 178 Å². The van der Waals surface area contributed by atoms with Crippen molar-refractivity contribution in [1.82, 2.24) is 0 Å². The number of aryl methyl sites for hydroxylation is 1. The number of allylic oxidation sites excluding steroid dienone is 1. The number of ether oxygens (including phenoxy) is 1. The van der Waals surface area contributed by atoms with Gasteiger partial charge in [0.25, 0.3) is 0 Å². The van der Waals surface area contributed by atoms with E-state index >= 15 is 0 Å². The average molecular weight is 401 g/mol. The third-order valence-corrected chi connectivity index (χ3v) is 4.80. The summed E-state index contributed by atoms with van der Waals surface area (Å²) in [5, 5.41) is 0. The van der Waals surface area contributed by atoms with Crippen LogP contribution in [0.15, 0.2) is 72.8 Å². The topological polar surface area (TPSA) is 78.3 Å². The molecule has 0 spiro atoms. The van der Waals surface area contributed by atoms with Gasteiger partial charge in [0.2, 0.25) is 0 Å². The van der Waals surface area contributed by atoms with Crippen LogP contribution in [0.5, 0.6) is 11.5 Å². The van der Waals surface area contributed by atoms with Gasteiger partial charge in [0.15, 0.2) is 5.78 Å². The van der Waals surface area contributed by atoms with Gasteiger partial charge in [0.1, 0.15) is 11.5 Å². The number of benzene rings is 3. The summed E-state index contributed by atoms with van der Waals surface area (Å²) in [5.74, 6) is 1.12. The molecule has 0 saturated heterocycles. The molecule has 0 heterocycles. The van der Waals surface area contributed by atoms with Gasteiger partial charge in [-0.05, 0) is 60.4 Å². The SMILES string of the molecule is CCCCCc1ccc(/C=C/C(=O)c2ccc(Oc3cc(N)cc(N)c3)cc2)cc1. The van der Waals surface area contributed by atoms with Crippen molar-refractivity contribution in [3.05, 3.63) is 89.5 Å². The summed E-state index contributed by atoms with van der Waals surface area (Å²) < 4.78 is 5.76. The predicted octanol–water partition coefficient (Wildman–Crippen LogP) is 6.27. The van der Waals surface area contributed by atoms with Gasteiger partial charge in [-0.15, -0.1) is 0 Å². The van der Waals surface area contributed by atoms with Crippen molar-refractivity contribution in [1.29, 1.82) is 0 Å². The molecule has 30 heavy (non-hydrogen) atoms. The van der Waals surface area contributed by atoms with Gasteiger partial charge in [0, 0.05) is 29.1 Å². The van der Waals surface area contributed by atoms with Gasteiger partial charge < -0.3 is 16.2 Å². The molecule has 0 amide bonds. The highest BCUT2D eigenvalue weighted by molar-refractivity contribution is 6.06. The minimum Gasteiger partial charge on any atom is -0.457 e. The Balaban J connectivity index is 1.58. The zero-order valence-electron chi connectivity index (χ0n) is 17.3. The number of rotatable bonds is 9. The molecule has 4 N–H and O–H groups in total. The second-order valence-corrected chi connectivity index (χ2v) is 7.36. The highest BCUT2D eigenvalue weighted by Gasteiger charge is 2.04. The van der Waals surface area contributed by atoms with Crippen LogP contribution in [0.25, 0.3) is 6.08 Å². The molecule has 0 aliphatic rings. The molecular formula is C26H28N2O2. The lowest BCUT2D eigenvalue weighted by atomic mass is 10.0. The molecule has 0 radical (unpaired) electrons. The fourth-order valence-corrected chi connectivity index (χ4v) is 3.17. The second kappa shape index (κ2) is 10.3. The fraction of sp³-hybridized carbons (Fsp3) is 0.192. The number of carbonyl (C=O) groups is 1. The lowest BCUT2D eigenvalue weighted by Crippen LogP contribution is -1.95. The maximum atomic E-state index is 12.5. The number of ketones is 1. The molecule has 3 aromatic carbocycles. The van der Waals surface area contributed by atoms with E-state index in [9.17, 15) is 4.79 Å². The van der Waals surface area contributed by atoms with Gasteiger partial charge in [0.05, 0.1) is 0 Å². The van der Waals surface area contributed by atoms with Crippen LogP contribution in [0, 0.1) is 0 Å². The first-order chi connectivity index (χ1) is 14.5. The van der Waals surface area contributed by atoms with E-state index in [1.807, 2.05) is 6.08 Å². The number of hydrogen-bond acceptors (Lipinski definition) is 4. The van der Waals surface area contributed by atoms with Crippen LogP contribution >= 0.6 is 0 Å². The number of hydrogen-bond donors (Lipinski definition) is 2. The Morgan fingerprint density at radius 1 is 0.867 bits per heavy atom. The summed E-state index contributed by atoms with van der Waals surface area (Å²) in [6.07, 6.45) is 8.25.